The minimum absolute atomic E-state index is 0.0411. The number of imidazole rings is 1. The van der Waals surface area contributed by atoms with E-state index in [4.69, 9.17) is 0 Å². The third kappa shape index (κ3) is 5.49. The molecule has 0 aliphatic carbocycles. The van der Waals surface area contributed by atoms with Crippen molar-refractivity contribution in [1.29, 1.82) is 0 Å². The normalized spacial score (nSPS) is 16.7. The third-order valence-electron chi connectivity index (χ3n) is 6.72. The number of amides is 1. The van der Waals surface area contributed by atoms with Crippen LogP contribution < -0.4 is 5.32 Å². The van der Waals surface area contributed by atoms with Crippen molar-refractivity contribution < 1.29 is 13.2 Å². The van der Waals surface area contributed by atoms with Crippen LogP contribution in [0.4, 0.5) is 0 Å². The number of benzene rings is 2. The van der Waals surface area contributed by atoms with Crippen molar-refractivity contribution >= 4 is 15.9 Å². The van der Waals surface area contributed by atoms with E-state index >= 15 is 0 Å². The van der Waals surface area contributed by atoms with Crippen LogP contribution in [-0.2, 0) is 27.3 Å². The first-order valence-corrected chi connectivity index (χ1v) is 13.4. The lowest BCUT2D eigenvalue weighted by molar-refractivity contribution is -0.126. The molecule has 3 aromatic rings. The number of carbonyl (C=O) groups is 1. The zero-order valence-corrected chi connectivity index (χ0v) is 21.6. The van der Waals surface area contributed by atoms with Gasteiger partial charge < -0.3 is 9.88 Å². The Labute approximate surface area is 208 Å². The van der Waals surface area contributed by atoms with Gasteiger partial charge >= 0.3 is 0 Å². The standard InChI is InChI=1S/C27H34N4O3S/c1-27(2,3)22-10-12-23(13-11-22)35(33,34)31-17-14-21(15-18-31)26(32)29-24(20-8-6-5-7-9-20)25-28-16-19-30(25)4/h5-13,16,19,21,24H,14-15,17-18H2,1-4H3,(H,29,32)/t24-/m0/s1. The number of rotatable bonds is 6. The number of carbonyl (C=O) groups excluding carboxylic acids is 1. The van der Waals surface area contributed by atoms with Crippen molar-refractivity contribution in [2.75, 3.05) is 13.1 Å². The molecule has 186 valence electrons. The quantitative estimate of drug-likeness (QED) is 0.561. The van der Waals surface area contributed by atoms with Crippen molar-refractivity contribution in [2.45, 2.75) is 50.0 Å². The van der Waals surface area contributed by atoms with Crippen molar-refractivity contribution in [2.24, 2.45) is 13.0 Å². The van der Waals surface area contributed by atoms with Crippen LogP contribution in [0.25, 0.3) is 0 Å². The highest BCUT2D eigenvalue weighted by Gasteiger charge is 2.33. The van der Waals surface area contributed by atoms with Gasteiger partial charge in [-0.2, -0.15) is 4.31 Å². The van der Waals surface area contributed by atoms with E-state index in [2.05, 4.69) is 31.1 Å². The highest BCUT2D eigenvalue weighted by Crippen LogP contribution is 2.28. The first kappa shape index (κ1) is 25.1. The lowest BCUT2D eigenvalue weighted by Gasteiger charge is -2.31. The van der Waals surface area contributed by atoms with E-state index in [-0.39, 0.29) is 23.3 Å². The molecule has 0 unspecified atom stereocenters. The average molecular weight is 495 g/mol. The molecular weight excluding hydrogens is 460 g/mol. The van der Waals surface area contributed by atoms with Gasteiger partial charge in [0, 0.05) is 38.4 Å². The van der Waals surface area contributed by atoms with Gasteiger partial charge in [0.05, 0.1) is 4.90 Å². The Morgan fingerprint density at radius 3 is 2.20 bits per heavy atom. The summed E-state index contributed by atoms with van der Waals surface area (Å²) in [6, 6.07) is 16.5. The maximum absolute atomic E-state index is 13.2. The molecule has 7 nitrogen and oxygen atoms in total. The molecule has 35 heavy (non-hydrogen) atoms. The van der Waals surface area contributed by atoms with Crippen molar-refractivity contribution in [3.8, 4) is 0 Å². The molecule has 2 aromatic carbocycles. The fourth-order valence-corrected chi connectivity index (χ4v) is 5.96. The molecule has 1 aliphatic heterocycles. The molecule has 2 heterocycles. The van der Waals surface area contributed by atoms with Crippen LogP contribution in [0.2, 0.25) is 0 Å². The molecule has 0 saturated carbocycles. The van der Waals surface area contributed by atoms with E-state index in [0.29, 0.717) is 30.8 Å². The minimum atomic E-state index is -3.59. The van der Waals surface area contributed by atoms with Crippen molar-refractivity contribution in [3.05, 3.63) is 83.9 Å². The molecule has 1 aliphatic rings. The van der Waals surface area contributed by atoms with Gasteiger partial charge in [0.1, 0.15) is 11.9 Å². The van der Waals surface area contributed by atoms with Gasteiger partial charge in [-0.3, -0.25) is 4.79 Å². The first-order valence-electron chi connectivity index (χ1n) is 12.0. The summed E-state index contributed by atoms with van der Waals surface area (Å²) in [4.78, 5) is 18.0. The molecule has 1 aromatic heterocycles. The molecule has 1 fully saturated rings. The van der Waals surface area contributed by atoms with Gasteiger partial charge in [-0.05, 0) is 41.5 Å². The molecule has 1 saturated heterocycles. The lowest BCUT2D eigenvalue weighted by atomic mass is 9.87. The monoisotopic (exact) mass is 494 g/mol. The molecule has 4 rings (SSSR count). The van der Waals surface area contributed by atoms with Crippen molar-refractivity contribution in [3.63, 3.8) is 0 Å². The molecule has 0 radical (unpaired) electrons. The Morgan fingerprint density at radius 2 is 1.66 bits per heavy atom. The molecular formula is C27H34N4O3S. The van der Waals surface area contributed by atoms with Gasteiger partial charge in [0.15, 0.2) is 0 Å². The number of piperidine rings is 1. The largest absolute Gasteiger partial charge is 0.342 e. The Morgan fingerprint density at radius 1 is 1.03 bits per heavy atom. The minimum Gasteiger partial charge on any atom is -0.342 e. The highest BCUT2D eigenvalue weighted by atomic mass is 32.2. The third-order valence-corrected chi connectivity index (χ3v) is 8.63. The van der Waals surface area contributed by atoms with E-state index in [9.17, 15) is 13.2 Å². The highest BCUT2D eigenvalue weighted by molar-refractivity contribution is 7.89. The van der Waals surface area contributed by atoms with E-state index in [1.165, 1.54) is 4.31 Å². The van der Waals surface area contributed by atoms with Gasteiger partial charge in [-0.25, -0.2) is 13.4 Å². The maximum Gasteiger partial charge on any atom is 0.243 e. The van der Waals surface area contributed by atoms with Crippen LogP contribution in [0.1, 0.15) is 56.6 Å². The van der Waals surface area contributed by atoms with Crippen LogP contribution in [-0.4, -0.2) is 41.3 Å². The summed E-state index contributed by atoms with van der Waals surface area (Å²) < 4.78 is 29.8. The van der Waals surface area contributed by atoms with Crippen LogP contribution in [0.3, 0.4) is 0 Å². The second-order valence-electron chi connectivity index (χ2n) is 10.2. The zero-order chi connectivity index (χ0) is 25.2. The van der Waals surface area contributed by atoms with Gasteiger partial charge in [0.25, 0.3) is 0 Å². The molecule has 1 amide bonds. The molecule has 0 spiro atoms. The van der Waals surface area contributed by atoms with Gasteiger partial charge in [-0.15, -0.1) is 0 Å². The van der Waals surface area contributed by atoms with Crippen LogP contribution in [0.15, 0.2) is 71.9 Å². The predicted molar refractivity (Wildman–Crippen MR) is 136 cm³/mol. The number of aryl methyl sites for hydroxylation is 1. The Kier molecular flexibility index (Phi) is 7.15. The Balaban J connectivity index is 1.43. The topological polar surface area (TPSA) is 84.3 Å². The number of hydrogen-bond acceptors (Lipinski definition) is 4. The second kappa shape index (κ2) is 9.95. The predicted octanol–water partition coefficient (Wildman–Crippen LogP) is 4.02. The Bertz CT molecular complexity index is 1250. The summed E-state index contributed by atoms with van der Waals surface area (Å²) in [6.45, 7) is 6.94. The summed E-state index contributed by atoms with van der Waals surface area (Å²) in [5.74, 6) is 0.424. The number of hydrogen-bond donors (Lipinski definition) is 1. The average Bonchev–Trinajstić information content (AvgIpc) is 3.28. The zero-order valence-electron chi connectivity index (χ0n) is 20.8. The number of nitrogens with one attached hydrogen (secondary N) is 1. The summed E-state index contributed by atoms with van der Waals surface area (Å²) in [7, 11) is -1.69. The molecule has 8 heteroatoms. The first-order chi connectivity index (χ1) is 16.6. The van der Waals surface area contributed by atoms with E-state index in [1.807, 2.05) is 60.3 Å². The SMILES string of the molecule is Cn1ccnc1[C@@H](NC(=O)C1CCN(S(=O)(=O)c2ccc(C(C)(C)C)cc2)CC1)c1ccccc1. The summed E-state index contributed by atoms with van der Waals surface area (Å²) in [5, 5.41) is 3.16. The molecule has 1 atom stereocenters. The van der Waals surface area contributed by atoms with E-state index in [0.717, 1.165) is 17.0 Å². The van der Waals surface area contributed by atoms with Crippen LogP contribution in [0, 0.1) is 5.92 Å². The number of sulfonamides is 1. The lowest BCUT2D eigenvalue weighted by Crippen LogP contribution is -2.44. The fraction of sp³-hybridized carbons (Fsp3) is 0.407. The van der Waals surface area contributed by atoms with E-state index in [1.54, 1.807) is 18.3 Å². The maximum atomic E-state index is 13.2. The Hall–Kier alpha value is -2.97. The fourth-order valence-electron chi connectivity index (χ4n) is 4.49. The van der Waals surface area contributed by atoms with E-state index < -0.39 is 10.0 Å². The van der Waals surface area contributed by atoms with Crippen molar-refractivity contribution in [1.82, 2.24) is 19.2 Å². The summed E-state index contributed by atoms with van der Waals surface area (Å²) >= 11 is 0. The second-order valence-corrected chi connectivity index (χ2v) is 12.1. The van der Waals surface area contributed by atoms with Gasteiger partial charge in [0.2, 0.25) is 15.9 Å². The number of aromatic nitrogens is 2. The van der Waals surface area contributed by atoms with Gasteiger partial charge in [-0.1, -0.05) is 63.2 Å². The van der Waals surface area contributed by atoms with Crippen LogP contribution >= 0.6 is 0 Å². The van der Waals surface area contributed by atoms with Crippen LogP contribution in [0.5, 0.6) is 0 Å². The molecule has 1 N–H and O–H groups in total. The number of nitrogens with zero attached hydrogens (tertiary/aromatic N) is 3. The smallest absolute Gasteiger partial charge is 0.243 e. The summed E-state index contributed by atoms with van der Waals surface area (Å²) in [6.07, 6.45) is 4.53. The summed E-state index contributed by atoms with van der Waals surface area (Å²) in [5.41, 5.74) is 2.00. The molecule has 0 bridgehead atoms.